The standard InChI is InChI=1S/C11H11NO3/c13-8-12(11-7-14-9-15-11)6-10-4-2-1-3-5-10/h1-5,7-8H,6,9H2. The van der Waals surface area contributed by atoms with Crippen LogP contribution in [-0.2, 0) is 20.8 Å². The first kappa shape index (κ1) is 9.58. The quantitative estimate of drug-likeness (QED) is 0.698. The molecule has 0 fully saturated rings. The van der Waals surface area contributed by atoms with E-state index < -0.39 is 0 Å². The van der Waals surface area contributed by atoms with E-state index in [9.17, 15) is 4.79 Å². The summed E-state index contributed by atoms with van der Waals surface area (Å²) in [7, 11) is 0. The molecule has 0 spiro atoms. The number of rotatable bonds is 4. The molecule has 1 aliphatic heterocycles. The van der Waals surface area contributed by atoms with Crippen molar-refractivity contribution in [2.24, 2.45) is 0 Å². The molecule has 1 aromatic carbocycles. The maximum Gasteiger partial charge on any atom is 0.235 e. The van der Waals surface area contributed by atoms with Crippen LogP contribution in [0.3, 0.4) is 0 Å². The van der Waals surface area contributed by atoms with Crippen molar-refractivity contribution >= 4 is 6.41 Å². The molecule has 0 aliphatic carbocycles. The van der Waals surface area contributed by atoms with Crippen molar-refractivity contribution in [1.29, 1.82) is 0 Å². The summed E-state index contributed by atoms with van der Waals surface area (Å²) in [4.78, 5) is 12.3. The number of ether oxygens (including phenoxy) is 2. The van der Waals surface area contributed by atoms with Crippen molar-refractivity contribution in [3.8, 4) is 0 Å². The number of nitrogens with zero attached hydrogens (tertiary/aromatic N) is 1. The van der Waals surface area contributed by atoms with Gasteiger partial charge in [0.15, 0.2) is 0 Å². The highest BCUT2D eigenvalue weighted by Gasteiger charge is 2.14. The molecule has 0 saturated heterocycles. The van der Waals surface area contributed by atoms with Crippen LogP contribution in [0, 0.1) is 0 Å². The summed E-state index contributed by atoms with van der Waals surface area (Å²) >= 11 is 0. The minimum Gasteiger partial charge on any atom is -0.459 e. The molecule has 4 nitrogen and oxygen atoms in total. The van der Waals surface area contributed by atoms with Gasteiger partial charge in [-0.05, 0) is 5.56 Å². The number of benzene rings is 1. The summed E-state index contributed by atoms with van der Waals surface area (Å²) in [6.07, 6.45) is 2.17. The molecule has 0 unspecified atom stereocenters. The zero-order valence-electron chi connectivity index (χ0n) is 8.13. The lowest BCUT2D eigenvalue weighted by atomic mass is 10.2. The molecular weight excluding hydrogens is 194 g/mol. The van der Waals surface area contributed by atoms with E-state index in [2.05, 4.69) is 0 Å². The van der Waals surface area contributed by atoms with Gasteiger partial charge in [-0.15, -0.1) is 0 Å². The number of amides is 1. The first-order valence-electron chi connectivity index (χ1n) is 4.60. The van der Waals surface area contributed by atoms with Crippen LogP contribution in [0.2, 0.25) is 0 Å². The fraction of sp³-hybridized carbons (Fsp3) is 0.182. The number of carbonyl (C=O) groups excluding carboxylic acids is 1. The van der Waals surface area contributed by atoms with Crippen LogP contribution >= 0.6 is 0 Å². The van der Waals surface area contributed by atoms with Crippen LogP contribution in [0.15, 0.2) is 42.5 Å². The van der Waals surface area contributed by atoms with Gasteiger partial charge < -0.3 is 9.47 Å². The van der Waals surface area contributed by atoms with Gasteiger partial charge in [0.05, 0.1) is 6.54 Å². The number of hydrogen-bond donors (Lipinski definition) is 0. The highest BCUT2D eigenvalue weighted by atomic mass is 16.7. The van der Waals surface area contributed by atoms with E-state index in [1.54, 1.807) is 0 Å². The molecule has 78 valence electrons. The van der Waals surface area contributed by atoms with Crippen LogP contribution in [0.5, 0.6) is 0 Å². The van der Waals surface area contributed by atoms with Gasteiger partial charge in [-0.1, -0.05) is 30.3 Å². The Bertz CT molecular complexity index is 361. The molecule has 1 heterocycles. The summed E-state index contributed by atoms with van der Waals surface area (Å²) in [5, 5.41) is 0. The molecule has 0 radical (unpaired) electrons. The lowest BCUT2D eigenvalue weighted by Gasteiger charge is -2.15. The van der Waals surface area contributed by atoms with Gasteiger partial charge in [0.1, 0.15) is 6.26 Å². The van der Waals surface area contributed by atoms with E-state index in [-0.39, 0.29) is 6.79 Å². The maximum absolute atomic E-state index is 10.8. The van der Waals surface area contributed by atoms with Gasteiger partial charge in [0, 0.05) is 0 Å². The molecule has 1 amide bonds. The molecule has 0 bridgehead atoms. The third-order valence-corrected chi connectivity index (χ3v) is 2.07. The third-order valence-electron chi connectivity index (χ3n) is 2.07. The summed E-state index contributed by atoms with van der Waals surface area (Å²) in [6, 6.07) is 9.69. The largest absolute Gasteiger partial charge is 0.459 e. The van der Waals surface area contributed by atoms with Crippen molar-refractivity contribution in [2.75, 3.05) is 6.79 Å². The molecule has 2 rings (SSSR count). The Morgan fingerprint density at radius 2 is 2.13 bits per heavy atom. The fourth-order valence-electron chi connectivity index (χ4n) is 1.33. The Balaban J connectivity index is 2.05. The second-order valence-electron chi connectivity index (χ2n) is 3.10. The van der Waals surface area contributed by atoms with Crippen molar-refractivity contribution in [3.63, 3.8) is 0 Å². The highest BCUT2D eigenvalue weighted by molar-refractivity contribution is 5.50. The average molecular weight is 205 g/mol. The summed E-state index contributed by atoms with van der Waals surface area (Å²) in [6.45, 7) is 0.661. The van der Waals surface area contributed by atoms with E-state index in [1.165, 1.54) is 11.2 Å². The Kier molecular flexibility index (Phi) is 2.88. The van der Waals surface area contributed by atoms with Gasteiger partial charge in [0.25, 0.3) is 0 Å². The molecule has 1 aromatic rings. The fourth-order valence-corrected chi connectivity index (χ4v) is 1.33. The monoisotopic (exact) mass is 205 g/mol. The first-order valence-corrected chi connectivity index (χ1v) is 4.60. The van der Waals surface area contributed by atoms with Crippen molar-refractivity contribution in [1.82, 2.24) is 4.90 Å². The first-order chi connectivity index (χ1) is 7.40. The number of carbonyl (C=O) groups is 1. The predicted molar refractivity (Wildman–Crippen MR) is 53.2 cm³/mol. The van der Waals surface area contributed by atoms with Gasteiger partial charge in [-0.25, -0.2) is 0 Å². The average Bonchev–Trinajstić information content (AvgIpc) is 2.81. The Morgan fingerprint density at radius 1 is 1.33 bits per heavy atom. The second kappa shape index (κ2) is 4.50. The van der Waals surface area contributed by atoms with Crippen LogP contribution in [-0.4, -0.2) is 18.1 Å². The summed E-state index contributed by atoms with van der Waals surface area (Å²) < 4.78 is 10.0. The van der Waals surface area contributed by atoms with Gasteiger partial charge in [-0.3, -0.25) is 9.69 Å². The normalized spacial score (nSPS) is 13.7. The zero-order valence-corrected chi connectivity index (χ0v) is 8.13. The molecule has 1 aliphatic rings. The maximum atomic E-state index is 10.8. The second-order valence-corrected chi connectivity index (χ2v) is 3.10. The lowest BCUT2D eigenvalue weighted by Crippen LogP contribution is -2.20. The molecule has 0 saturated carbocycles. The minimum absolute atomic E-state index is 0.175. The molecule has 0 aromatic heterocycles. The Hall–Kier alpha value is -1.97. The topological polar surface area (TPSA) is 38.8 Å². The van der Waals surface area contributed by atoms with Crippen LogP contribution in [0.1, 0.15) is 5.56 Å². The van der Waals surface area contributed by atoms with Crippen molar-refractivity contribution in [3.05, 3.63) is 48.0 Å². The molecule has 0 atom stereocenters. The number of hydrogen-bond acceptors (Lipinski definition) is 3. The van der Waals surface area contributed by atoms with Crippen LogP contribution in [0.25, 0.3) is 0 Å². The summed E-state index contributed by atoms with van der Waals surface area (Å²) in [5.41, 5.74) is 1.04. The molecule has 4 heteroatoms. The smallest absolute Gasteiger partial charge is 0.235 e. The van der Waals surface area contributed by atoms with E-state index in [0.29, 0.717) is 12.4 Å². The molecule has 15 heavy (non-hydrogen) atoms. The predicted octanol–water partition coefficient (Wildman–Crippen LogP) is 1.45. The lowest BCUT2D eigenvalue weighted by molar-refractivity contribution is -0.119. The van der Waals surface area contributed by atoms with E-state index in [0.717, 1.165) is 12.0 Å². The van der Waals surface area contributed by atoms with E-state index in [1.807, 2.05) is 30.3 Å². The van der Waals surface area contributed by atoms with Crippen LogP contribution in [0.4, 0.5) is 0 Å². The van der Waals surface area contributed by atoms with E-state index in [4.69, 9.17) is 9.47 Å². The zero-order chi connectivity index (χ0) is 10.5. The summed E-state index contributed by atoms with van der Waals surface area (Å²) in [5.74, 6) is 0.453. The Morgan fingerprint density at radius 3 is 2.73 bits per heavy atom. The van der Waals surface area contributed by atoms with Gasteiger partial charge in [0.2, 0.25) is 19.1 Å². The Labute approximate surface area is 87.7 Å². The molecular formula is C11H11NO3. The minimum atomic E-state index is 0.175. The van der Waals surface area contributed by atoms with Crippen LogP contribution < -0.4 is 0 Å². The highest BCUT2D eigenvalue weighted by Crippen LogP contribution is 2.14. The third kappa shape index (κ3) is 2.28. The SMILES string of the molecule is O=CN(Cc1ccccc1)C1=COCO1. The van der Waals surface area contributed by atoms with E-state index >= 15 is 0 Å². The van der Waals surface area contributed by atoms with Crippen molar-refractivity contribution < 1.29 is 14.3 Å². The van der Waals surface area contributed by atoms with Crippen molar-refractivity contribution in [2.45, 2.75) is 6.54 Å². The van der Waals surface area contributed by atoms with Gasteiger partial charge in [-0.2, -0.15) is 0 Å². The van der Waals surface area contributed by atoms with Gasteiger partial charge >= 0.3 is 0 Å². The molecule has 0 N–H and O–H groups in total.